The van der Waals surface area contributed by atoms with Crippen LogP contribution in [0.15, 0.2) is 41.2 Å². The zero-order chi connectivity index (χ0) is 21.6. The Bertz CT molecular complexity index is 982. The minimum absolute atomic E-state index is 0.140. The van der Waals surface area contributed by atoms with Crippen LogP contribution in [0, 0.1) is 11.3 Å². The number of nitrogens with one attached hydrogen (secondary N) is 1. The van der Waals surface area contributed by atoms with Crippen molar-refractivity contribution in [2.24, 2.45) is 0 Å². The summed E-state index contributed by atoms with van der Waals surface area (Å²) in [5.74, 6) is 0.815. The van der Waals surface area contributed by atoms with E-state index >= 15 is 0 Å². The van der Waals surface area contributed by atoms with Crippen LogP contribution in [0.1, 0.15) is 62.1 Å². The van der Waals surface area contributed by atoms with Gasteiger partial charge in [-0.1, -0.05) is 25.0 Å². The molecule has 164 valence electrons. The summed E-state index contributed by atoms with van der Waals surface area (Å²) in [5, 5.41) is 27.7. The Morgan fingerprint density at radius 2 is 1.97 bits per heavy atom. The summed E-state index contributed by atoms with van der Waals surface area (Å²) in [6.07, 6.45) is 6.39. The first-order valence-corrected chi connectivity index (χ1v) is 11.4. The van der Waals surface area contributed by atoms with Gasteiger partial charge in [0.15, 0.2) is 0 Å². The Kier molecular flexibility index (Phi) is 7.00. The molecular weight excluding hydrogens is 390 g/mol. The van der Waals surface area contributed by atoms with Crippen molar-refractivity contribution in [3.05, 3.63) is 57.9 Å². The van der Waals surface area contributed by atoms with Gasteiger partial charge in [-0.05, 0) is 55.9 Å². The molecule has 2 aromatic rings. The SMILES string of the molecule is N#Cc1cccc(CNCC2CCCCN2c2ccc(=O)n(C3CCCCC3O)n2)c1. The van der Waals surface area contributed by atoms with Crippen molar-refractivity contribution < 1.29 is 5.11 Å². The second-order valence-corrected chi connectivity index (χ2v) is 8.68. The molecule has 0 amide bonds. The predicted octanol–water partition coefficient (Wildman–Crippen LogP) is 2.74. The number of rotatable bonds is 6. The third kappa shape index (κ3) is 5.15. The van der Waals surface area contributed by atoms with E-state index in [1.54, 1.807) is 6.07 Å². The zero-order valence-corrected chi connectivity index (χ0v) is 17.9. The molecule has 1 saturated heterocycles. The average molecular weight is 422 g/mol. The maximum Gasteiger partial charge on any atom is 0.267 e. The minimum atomic E-state index is -0.503. The summed E-state index contributed by atoms with van der Waals surface area (Å²) in [6, 6.07) is 13.3. The van der Waals surface area contributed by atoms with Gasteiger partial charge >= 0.3 is 0 Å². The van der Waals surface area contributed by atoms with Crippen molar-refractivity contribution in [2.75, 3.05) is 18.0 Å². The molecule has 1 aliphatic carbocycles. The van der Waals surface area contributed by atoms with Crippen LogP contribution in [-0.2, 0) is 6.54 Å². The summed E-state index contributed by atoms with van der Waals surface area (Å²) in [4.78, 5) is 14.8. The number of aromatic nitrogens is 2. The van der Waals surface area contributed by atoms with Crippen molar-refractivity contribution in [3.8, 4) is 6.07 Å². The van der Waals surface area contributed by atoms with E-state index < -0.39 is 6.10 Å². The smallest absolute Gasteiger partial charge is 0.267 e. The minimum Gasteiger partial charge on any atom is -0.391 e. The second kappa shape index (κ2) is 10.1. The topological polar surface area (TPSA) is 94.2 Å². The van der Waals surface area contributed by atoms with E-state index in [2.05, 4.69) is 16.3 Å². The van der Waals surface area contributed by atoms with Crippen LogP contribution in [0.4, 0.5) is 5.82 Å². The third-order valence-corrected chi connectivity index (χ3v) is 6.51. The van der Waals surface area contributed by atoms with Crippen LogP contribution in [0.3, 0.4) is 0 Å². The summed E-state index contributed by atoms with van der Waals surface area (Å²) < 4.78 is 1.52. The molecule has 4 rings (SSSR count). The lowest BCUT2D eigenvalue weighted by Gasteiger charge is -2.37. The van der Waals surface area contributed by atoms with Gasteiger partial charge in [-0.25, -0.2) is 4.68 Å². The highest BCUT2D eigenvalue weighted by molar-refractivity contribution is 5.39. The maximum atomic E-state index is 12.5. The molecule has 31 heavy (non-hydrogen) atoms. The van der Waals surface area contributed by atoms with E-state index in [1.807, 2.05) is 30.3 Å². The van der Waals surface area contributed by atoms with Gasteiger partial charge in [0, 0.05) is 31.7 Å². The van der Waals surface area contributed by atoms with Crippen molar-refractivity contribution in [1.82, 2.24) is 15.1 Å². The first-order chi connectivity index (χ1) is 15.2. The van der Waals surface area contributed by atoms with Crippen LogP contribution in [0.5, 0.6) is 0 Å². The molecule has 2 N–H and O–H groups in total. The van der Waals surface area contributed by atoms with Crippen LogP contribution in [0.2, 0.25) is 0 Å². The fraction of sp³-hybridized carbons (Fsp3) is 0.542. The number of nitrogens with zero attached hydrogens (tertiary/aromatic N) is 4. The first kappa shape index (κ1) is 21.5. The lowest BCUT2D eigenvalue weighted by Crippen LogP contribution is -2.47. The molecule has 0 radical (unpaired) electrons. The Hall–Kier alpha value is -2.69. The van der Waals surface area contributed by atoms with Crippen molar-refractivity contribution >= 4 is 5.82 Å². The average Bonchev–Trinajstić information content (AvgIpc) is 2.80. The number of hydrogen-bond acceptors (Lipinski definition) is 6. The third-order valence-electron chi connectivity index (χ3n) is 6.51. The highest BCUT2D eigenvalue weighted by Crippen LogP contribution is 2.28. The summed E-state index contributed by atoms with van der Waals surface area (Å²) in [6.45, 7) is 2.43. The van der Waals surface area contributed by atoms with E-state index in [0.717, 1.165) is 63.0 Å². The largest absolute Gasteiger partial charge is 0.391 e. The Morgan fingerprint density at radius 3 is 2.81 bits per heavy atom. The molecule has 1 saturated carbocycles. The van der Waals surface area contributed by atoms with E-state index in [9.17, 15) is 9.90 Å². The number of nitriles is 1. The molecule has 2 fully saturated rings. The molecule has 7 nitrogen and oxygen atoms in total. The molecule has 1 aliphatic heterocycles. The molecule has 7 heteroatoms. The molecule has 2 heterocycles. The Labute approximate surface area is 183 Å². The second-order valence-electron chi connectivity index (χ2n) is 8.68. The first-order valence-electron chi connectivity index (χ1n) is 11.4. The summed E-state index contributed by atoms with van der Waals surface area (Å²) in [7, 11) is 0. The van der Waals surface area contributed by atoms with Gasteiger partial charge in [-0.15, -0.1) is 0 Å². The van der Waals surface area contributed by atoms with Crippen LogP contribution in [0.25, 0.3) is 0 Å². The molecular formula is C24H31N5O2. The summed E-state index contributed by atoms with van der Waals surface area (Å²) >= 11 is 0. The van der Waals surface area contributed by atoms with Crippen LogP contribution >= 0.6 is 0 Å². The molecule has 3 atom stereocenters. The molecule has 2 aliphatic rings. The lowest BCUT2D eigenvalue weighted by atomic mass is 9.93. The molecule has 0 bridgehead atoms. The lowest BCUT2D eigenvalue weighted by molar-refractivity contribution is 0.0669. The highest BCUT2D eigenvalue weighted by Gasteiger charge is 2.28. The van der Waals surface area contributed by atoms with E-state index in [-0.39, 0.29) is 11.6 Å². The van der Waals surface area contributed by atoms with Gasteiger partial charge in [-0.2, -0.15) is 10.4 Å². The number of hydrogen-bond donors (Lipinski definition) is 2. The van der Waals surface area contributed by atoms with Gasteiger partial charge in [0.25, 0.3) is 5.56 Å². The fourth-order valence-corrected chi connectivity index (χ4v) is 4.83. The number of aliphatic hydroxyl groups excluding tert-OH is 1. The van der Waals surface area contributed by atoms with Crippen molar-refractivity contribution in [2.45, 2.75) is 69.7 Å². The number of aliphatic hydroxyl groups is 1. The van der Waals surface area contributed by atoms with Gasteiger partial charge in [-0.3, -0.25) is 4.79 Å². The van der Waals surface area contributed by atoms with Crippen molar-refractivity contribution in [1.29, 1.82) is 5.26 Å². The Morgan fingerprint density at radius 1 is 1.13 bits per heavy atom. The van der Waals surface area contributed by atoms with Crippen molar-refractivity contribution in [3.63, 3.8) is 0 Å². The molecule has 1 aromatic carbocycles. The Balaban J connectivity index is 1.46. The van der Waals surface area contributed by atoms with E-state index in [4.69, 9.17) is 10.4 Å². The number of piperidine rings is 1. The highest BCUT2D eigenvalue weighted by atomic mass is 16.3. The molecule has 0 spiro atoms. The molecule has 1 aromatic heterocycles. The van der Waals surface area contributed by atoms with E-state index in [0.29, 0.717) is 18.2 Å². The maximum absolute atomic E-state index is 12.5. The van der Waals surface area contributed by atoms with Gasteiger partial charge in [0.2, 0.25) is 0 Å². The predicted molar refractivity (Wildman–Crippen MR) is 120 cm³/mol. The quantitative estimate of drug-likeness (QED) is 0.745. The van der Waals surface area contributed by atoms with Crippen LogP contribution in [-0.4, -0.2) is 40.1 Å². The van der Waals surface area contributed by atoms with Gasteiger partial charge < -0.3 is 15.3 Å². The number of benzene rings is 1. The fourth-order valence-electron chi connectivity index (χ4n) is 4.83. The normalized spacial score (nSPS) is 24.0. The van der Waals surface area contributed by atoms with Gasteiger partial charge in [0.1, 0.15) is 5.82 Å². The monoisotopic (exact) mass is 421 g/mol. The standard InChI is InChI=1S/C24H31N5O2/c25-15-18-6-5-7-19(14-18)16-26-17-20-8-3-4-13-28(20)23-11-12-24(31)29(27-23)21-9-1-2-10-22(21)30/h5-7,11-12,14,20-22,26,30H,1-4,8-10,13,16-17H2. The van der Waals surface area contributed by atoms with Gasteiger partial charge in [0.05, 0.1) is 23.8 Å². The summed E-state index contributed by atoms with van der Waals surface area (Å²) in [5.41, 5.74) is 1.63. The number of anilines is 1. The van der Waals surface area contributed by atoms with Crippen LogP contribution < -0.4 is 15.8 Å². The zero-order valence-electron chi connectivity index (χ0n) is 17.9. The van der Waals surface area contributed by atoms with E-state index in [1.165, 1.54) is 11.1 Å². The molecule has 3 unspecified atom stereocenters.